The van der Waals surface area contributed by atoms with Crippen LogP contribution in [-0.2, 0) is 0 Å². The molecule has 3 aromatic rings. The Morgan fingerprint density at radius 2 is 1.89 bits per heavy atom. The molecule has 6 heteroatoms. The maximum absolute atomic E-state index is 10.8. The fraction of sp³-hybridized carbons (Fsp3) is 0. The number of carboxylic acid groups (broad SMARTS) is 1. The Balaban J connectivity index is 2.18. The van der Waals surface area contributed by atoms with Crippen molar-refractivity contribution in [1.29, 1.82) is 0 Å². The van der Waals surface area contributed by atoms with E-state index in [4.69, 9.17) is 16.7 Å². The molecule has 2 aromatic heterocycles. The monoisotopic (exact) mass is 290 g/mol. The van der Waals surface area contributed by atoms with E-state index >= 15 is 0 Å². The molecule has 0 spiro atoms. The number of hydrogen-bond donors (Lipinski definition) is 1. The molecule has 0 aliphatic heterocycles. The molecule has 94 valence electrons. The van der Waals surface area contributed by atoms with Crippen molar-refractivity contribution in [3.8, 4) is 11.3 Å². The first-order valence-electron chi connectivity index (χ1n) is 5.39. The molecule has 0 unspecified atom stereocenters. The van der Waals surface area contributed by atoms with Gasteiger partial charge in [-0.25, -0.2) is 14.8 Å². The summed E-state index contributed by atoms with van der Waals surface area (Å²) >= 11 is 7.43. The second-order valence-electron chi connectivity index (χ2n) is 3.86. The van der Waals surface area contributed by atoms with E-state index in [1.807, 2.05) is 11.4 Å². The number of halogens is 1. The van der Waals surface area contributed by atoms with E-state index in [1.54, 1.807) is 24.3 Å². The van der Waals surface area contributed by atoms with Crippen molar-refractivity contribution < 1.29 is 9.90 Å². The number of thiophene rings is 1. The van der Waals surface area contributed by atoms with Gasteiger partial charge in [0.1, 0.15) is 0 Å². The first-order valence-corrected chi connectivity index (χ1v) is 6.65. The van der Waals surface area contributed by atoms with Crippen LogP contribution in [0, 0.1) is 0 Å². The number of aromatic carboxylic acids is 1. The molecule has 2 heterocycles. The number of carboxylic acids is 1. The average Bonchev–Trinajstić information content (AvgIpc) is 2.85. The van der Waals surface area contributed by atoms with E-state index in [0.29, 0.717) is 0 Å². The highest BCUT2D eigenvalue weighted by Crippen LogP contribution is 2.31. The van der Waals surface area contributed by atoms with Crippen LogP contribution in [0.15, 0.2) is 35.7 Å². The zero-order chi connectivity index (χ0) is 13.4. The molecule has 0 bridgehead atoms. The number of rotatable bonds is 2. The molecule has 3 rings (SSSR count). The highest BCUT2D eigenvalue weighted by molar-refractivity contribution is 7.17. The summed E-state index contributed by atoms with van der Waals surface area (Å²) in [5, 5.41) is 11.0. The lowest BCUT2D eigenvalue weighted by Gasteiger charge is -2.03. The van der Waals surface area contributed by atoms with Crippen molar-refractivity contribution in [2.45, 2.75) is 0 Å². The Labute approximate surface area is 117 Å². The molecule has 0 aliphatic carbocycles. The largest absolute Gasteiger partial charge is 0.478 e. The molecule has 0 aliphatic rings. The van der Waals surface area contributed by atoms with E-state index in [-0.39, 0.29) is 10.8 Å². The van der Waals surface area contributed by atoms with Crippen LogP contribution in [0.25, 0.3) is 21.5 Å². The first-order chi connectivity index (χ1) is 9.15. The highest BCUT2D eigenvalue weighted by Gasteiger charge is 2.11. The molecular weight excluding hydrogens is 284 g/mol. The molecular formula is C13H7ClN2O2S. The summed E-state index contributed by atoms with van der Waals surface area (Å²) in [6.45, 7) is 0. The summed E-state index contributed by atoms with van der Waals surface area (Å²) in [5.74, 6) is -0.950. The SMILES string of the molecule is O=C(O)c1ccc(-c2nc(Cl)nc3ccsc23)cc1. The molecule has 4 nitrogen and oxygen atoms in total. The predicted molar refractivity (Wildman–Crippen MR) is 74.8 cm³/mol. The van der Waals surface area contributed by atoms with Crippen molar-refractivity contribution in [3.63, 3.8) is 0 Å². The minimum atomic E-state index is -0.950. The molecule has 19 heavy (non-hydrogen) atoms. The third kappa shape index (κ3) is 2.18. The quantitative estimate of drug-likeness (QED) is 0.731. The summed E-state index contributed by atoms with van der Waals surface area (Å²) in [5.41, 5.74) is 2.58. The smallest absolute Gasteiger partial charge is 0.335 e. The summed E-state index contributed by atoms with van der Waals surface area (Å²) in [7, 11) is 0. The second-order valence-corrected chi connectivity index (χ2v) is 5.11. The van der Waals surface area contributed by atoms with Crippen molar-refractivity contribution in [2.75, 3.05) is 0 Å². The molecule has 0 fully saturated rings. The summed E-state index contributed by atoms with van der Waals surface area (Å²) in [4.78, 5) is 19.2. The van der Waals surface area contributed by atoms with Crippen LogP contribution in [0.3, 0.4) is 0 Å². The van der Waals surface area contributed by atoms with Gasteiger partial charge in [0, 0.05) is 5.56 Å². The van der Waals surface area contributed by atoms with Gasteiger partial charge in [0.05, 0.1) is 21.5 Å². The van der Waals surface area contributed by atoms with Crippen LogP contribution in [0.1, 0.15) is 10.4 Å². The molecule has 0 atom stereocenters. The van der Waals surface area contributed by atoms with Gasteiger partial charge in [0.25, 0.3) is 0 Å². The van der Waals surface area contributed by atoms with Crippen molar-refractivity contribution in [3.05, 3.63) is 46.6 Å². The Morgan fingerprint density at radius 1 is 1.16 bits per heavy atom. The van der Waals surface area contributed by atoms with Gasteiger partial charge in [0.2, 0.25) is 5.28 Å². The fourth-order valence-electron chi connectivity index (χ4n) is 1.80. The van der Waals surface area contributed by atoms with Crippen LogP contribution in [-0.4, -0.2) is 21.0 Å². The zero-order valence-corrected chi connectivity index (χ0v) is 11.1. The van der Waals surface area contributed by atoms with Gasteiger partial charge in [-0.05, 0) is 35.2 Å². The Bertz CT molecular complexity index is 768. The Hall–Kier alpha value is -1.98. The zero-order valence-electron chi connectivity index (χ0n) is 9.50. The van der Waals surface area contributed by atoms with E-state index in [1.165, 1.54) is 11.3 Å². The lowest BCUT2D eigenvalue weighted by atomic mass is 10.1. The molecule has 0 saturated heterocycles. The maximum atomic E-state index is 10.8. The Morgan fingerprint density at radius 3 is 2.58 bits per heavy atom. The van der Waals surface area contributed by atoms with Gasteiger partial charge in [-0.1, -0.05) is 12.1 Å². The van der Waals surface area contributed by atoms with Gasteiger partial charge in [-0.3, -0.25) is 0 Å². The number of carbonyl (C=O) groups is 1. The minimum absolute atomic E-state index is 0.184. The molecule has 0 amide bonds. The number of benzene rings is 1. The molecule has 0 saturated carbocycles. The first kappa shape index (κ1) is 12.1. The van der Waals surface area contributed by atoms with Crippen LogP contribution in [0.2, 0.25) is 5.28 Å². The van der Waals surface area contributed by atoms with E-state index in [9.17, 15) is 4.79 Å². The van der Waals surface area contributed by atoms with Gasteiger partial charge in [-0.15, -0.1) is 11.3 Å². The van der Waals surface area contributed by atoms with E-state index < -0.39 is 5.97 Å². The second kappa shape index (κ2) is 4.60. The number of fused-ring (bicyclic) bond motifs is 1. The summed E-state index contributed by atoms with van der Waals surface area (Å²) in [6.07, 6.45) is 0. The number of hydrogen-bond acceptors (Lipinski definition) is 4. The normalized spacial score (nSPS) is 10.8. The van der Waals surface area contributed by atoms with Gasteiger partial charge in [-0.2, -0.15) is 0 Å². The van der Waals surface area contributed by atoms with Crippen LogP contribution in [0.5, 0.6) is 0 Å². The minimum Gasteiger partial charge on any atom is -0.478 e. The summed E-state index contributed by atoms with van der Waals surface area (Å²) < 4.78 is 0.937. The van der Waals surface area contributed by atoms with E-state index in [2.05, 4.69) is 9.97 Å². The van der Waals surface area contributed by atoms with Crippen LogP contribution >= 0.6 is 22.9 Å². The fourth-order valence-corrected chi connectivity index (χ4v) is 2.82. The lowest BCUT2D eigenvalue weighted by Crippen LogP contribution is -1.95. The number of nitrogens with zero attached hydrogens (tertiary/aromatic N) is 2. The summed E-state index contributed by atoms with van der Waals surface area (Å²) in [6, 6.07) is 8.42. The standard InChI is InChI=1S/C13H7ClN2O2S/c14-13-15-9-5-6-19-11(9)10(16-13)7-1-3-8(4-2-7)12(17)18/h1-6H,(H,17,18). The third-order valence-corrected chi connectivity index (χ3v) is 3.76. The third-order valence-electron chi connectivity index (χ3n) is 2.68. The number of aromatic nitrogens is 2. The molecule has 1 N–H and O–H groups in total. The van der Waals surface area contributed by atoms with Crippen molar-refractivity contribution in [2.24, 2.45) is 0 Å². The van der Waals surface area contributed by atoms with Gasteiger partial charge >= 0.3 is 5.97 Å². The van der Waals surface area contributed by atoms with Crippen molar-refractivity contribution in [1.82, 2.24) is 9.97 Å². The predicted octanol–water partition coefficient (Wildman–Crippen LogP) is 3.71. The molecule has 0 radical (unpaired) electrons. The van der Waals surface area contributed by atoms with Crippen LogP contribution < -0.4 is 0 Å². The van der Waals surface area contributed by atoms with Gasteiger partial charge < -0.3 is 5.11 Å². The van der Waals surface area contributed by atoms with Gasteiger partial charge in [0.15, 0.2) is 0 Å². The lowest BCUT2D eigenvalue weighted by molar-refractivity contribution is 0.0697. The topological polar surface area (TPSA) is 63.1 Å². The average molecular weight is 291 g/mol. The van der Waals surface area contributed by atoms with E-state index in [0.717, 1.165) is 21.5 Å². The highest BCUT2D eigenvalue weighted by atomic mass is 35.5. The van der Waals surface area contributed by atoms with Crippen molar-refractivity contribution >= 4 is 39.1 Å². The Kier molecular flexibility index (Phi) is 2.93. The maximum Gasteiger partial charge on any atom is 0.335 e. The van der Waals surface area contributed by atoms with Crippen LogP contribution in [0.4, 0.5) is 0 Å². The molecule has 1 aromatic carbocycles.